The smallest absolute Gasteiger partial charge is 0.416 e. The van der Waals surface area contributed by atoms with Crippen molar-refractivity contribution in [3.8, 4) is 0 Å². The van der Waals surface area contributed by atoms with E-state index in [-0.39, 0.29) is 86.5 Å². The molecule has 2 aliphatic rings. The Hall–Kier alpha value is -5.39. The van der Waals surface area contributed by atoms with Gasteiger partial charge in [0, 0.05) is 75.4 Å². The molecular weight excluding hydrogens is 915 g/mol. The third-order valence-electron chi connectivity index (χ3n) is 10.6. The molecule has 1 amide bonds. The first kappa shape index (κ1) is 52.6. The topological polar surface area (TPSA) is 166 Å². The van der Waals surface area contributed by atoms with Crippen molar-refractivity contribution in [3.63, 3.8) is 0 Å². The number of rotatable bonds is 12. The van der Waals surface area contributed by atoms with Crippen molar-refractivity contribution < 1.29 is 72.5 Å². The van der Waals surface area contributed by atoms with Gasteiger partial charge in [-0.3, -0.25) is 4.90 Å². The highest BCUT2D eigenvalue weighted by Gasteiger charge is 2.39. The van der Waals surface area contributed by atoms with E-state index in [4.69, 9.17) is 13.6 Å². The zero-order chi connectivity index (χ0) is 49.9. The number of ether oxygens (including phenoxy) is 1. The predicted octanol–water partition coefficient (Wildman–Crippen LogP) is 9.67. The van der Waals surface area contributed by atoms with Crippen molar-refractivity contribution in [2.75, 3.05) is 59.3 Å². The number of pyridine rings is 2. The molecule has 0 bridgehead atoms. The fraction of sp³-hybridized carbons (Fsp3) is 0.605. The molecule has 2 fully saturated rings. The second-order valence-corrected chi connectivity index (χ2v) is 17.5. The van der Waals surface area contributed by atoms with Crippen LogP contribution in [-0.2, 0) is 17.6 Å². The zero-order valence-corrected chi connectivity index (χ0v) is 37.9. The second-order valence-electron chi connectivity index (χ2n) is 17.5. The number of oxazole rings is 2. The molecule has 0 spiro atoms. The van der Waals surface area contributed by atoms with Gasteiger partial charge in [0.05, 0.1) is 35.6 Å². The highest BCUT2D eigenvalue weighted by molar-refractivity contribution is 5.87. The van der Waals surface area contributed by atoms with E-state index in [1.807, 2.05) is 0 Å². The van der Waals surface area contributed by atoms with E-state index in [0.717, 1.165) is 0 Å². The molecule has 2 saturated heterocycles. The van der Waals surface area contributed by atoms with Crippen molar-refractivity contribution in [1.82, 2.24) is 19.9 Å². The minimum absolute atomic E-state index is 0.0259. The molecule has 2 aliphatic heterocycles. The van der Waals surface area contributed by atoms with Crippen LogP contribution in [0.3, 0.4) is 0 Å². The van der Waals surface area contributed by atoms with Crippen molar-refractivity contribution in [3.05, 3.63) is 70.3 Å². The molecule has 67 heavy (non-hydrogen) atoms. The summed E-state index contributed by atoms with van der Waals surface area (Å²) in [6.07, 6.45) is -14.9. The summed E-state index contributed by atoms with van der Waals surface area (Å²) >= 11 is 0. The summed E-state index contributed by atoms with van der Waals surface area (Å²) in [7, 11) is 0. The zero-order valence-electron chi connectivity index (χ0n) is 37.9. The number of amides is 1. The molecule has 14 nitrogen and oxygen atoms in total. The summed E-state index contributed by atoms with van der Waals surface area (Å²) in [5.74, 6) is -4.55. The first-order valence-electron chi connectivity index (χ1n) is 21.2. The lowest BCUT2D eigenvalue weighted by Gasteiger charge is -2.34. The van der Waals surface area contributed by atoms with Crippen molar-refractivity contribution in [1.29, 1.82) is 0 Å². The number of carbonyl (C=O) groups is 1. The Balaban J connectivity index is 0.000000256. The summed E-state index contributed by atoms with van der Waals surface area (Å²) in [6, 6.07) is 5.47. The van der Waals surface area contributed by atoms with Crippen LogP contribution in [0.5, 0.6) is 0 Å². The third-order valence-corrected chi connectivity index (χ3v) is 10.6. The molecule has 4 aromatic heterocycles. The Labute approximate surface area is 379 Å². The average molecular weight is 969 g/mol. The van der Waals surface area contributed by atoms with E-state index in [9.17, 15) is 58.9 Å². The summed E-state index contributed by atoms with van der Waals surface area (Å²) in [5.41, 5.74) is 0.863. The first-order valence-corrected chi connectivity index (χ1v) is 21.2. The molecule has 2 unspecified atom stereocenters. The Kier molecular flexibility index (Phi) is 16.1. The minimum Gasteiger partial charge on any atom is -0.446 e. The van der Waals surface area contributed by atoms with Crippen molar-refractivity contribution in [2.24, 2.45) is 0 Å². The highest BCUT2D eigenvalue weighted by atomic mass is 19.4. The number of piperidine rings is 2. The van der Waals surface area contributed by atoms with Gasteiger partial charge in [-0.05, 0) is 60.6 Å². The summed E-state index contributed by atoms with van der Waals surface area (Å²) in [6.45, 7) is 8.32. The van der Waals surface area contributed by atoms with Crippen LogP contribution in [0.4, 0.5) is 71.7 Å². The maximum absolute atomic E-state index is 13.7. The fourth-order valence-electron chi connectivity index (χ4n) is 6.90. The van der Waals surface area contributed by atoms with E-state index in [2.05, 4.69) is 25.3 Å². The highest BCUT2D eigenvalue weighted by Crippen LogP contribution is 2.36. The van der Waals surface area contributed by atoms with Gasteiger partial charge in [-0.1, -0.05) is 0 Å². The largest absolute Gasteiger partial charge is 0.446 e. The second kappa shape index (κ2) is 20.5. The van der Waals surface area contributed by atoms with E-state index < -0.39 is 79.8 Å². The molecule has 0 saturated carbocycles. The number of hydrogen-bond donors (Lipinski definition) is 3. The number of nitrogens with zero attached hydrogens (tertiary/aromatic N) is 7. The molecule has 0 aromatic carbocycles. The van der Waals surface area contributed by atoms with Crippen LogP contribution in [0.2, 0.25) is 0 Å². The molecule has 2 atom stereocenters. The summed E-state index contributed by atoms with van der Waals surface area (Å²) in [4.78, 5) is 32.9. The van der Waals surface area contributed by atoms with Gasteiger partial charge in [0.25, 0.3) is 11.8 Å². The van der Waals surface area contributed by atoms with Gasteiger partial charge in [-0.2, -0.15) is 26.3 Å². The molecule has 0 aliphatic carbocycles. The number of aromatic nitrogens is 4. The molecule has 372 valence electrons. The molecule has 6 heterocycles. The number of aryl methyl sites for hydroxylation is 4. The molecule has 0 radical (unpaired) electrons. The lowest BCUT2D eigenvalue weighted by atomic mass is 10.1. The van der Waals surface area contributed by atoms with Crippen LogP contribution in [0.15, 0.2) is 33.1 Å². The number of nitrogens with one attached hydrogen (secondary N) is 1. The Morgan fingerprint density at radius 2 is 1.15 bits per heavy atom. The number of alkyl halides is 10. The van der Waals surface area contributed by atoms with Crippen molar-refractivity contribution >= 4 is 29.1 Å². The Morgan fingerprint density at radius 1 is 0.716 bits per heavy atom. The van der Waals surface area contributed by atoms with Gasteiger partial charge in [-0.25, -0.2) is 42.3 Å². The number of hydrogen-bond acceptors (Lipinski definition) is 13. The third kappa shape index (κ3) is 15.9. The van der Waals surface area contributed by atoms with Gasteiger partial charge in [0.15, 0.2) is 11.8 Å². The first-order chi connectivity index (χ1) is 30.8. The van der Waals surface area contributed by atoms with Gasteiger partial charge < -0.3 is 38.9 Å². The van der Waals surface area contributed by atoms with E-state index in [1.54, 1.807) is 37.5 Å². The summed E-state index contributed by atoms with van der Waals surface area (Å²) < 4.78 is 149. The van der Waals surface area contributed by atoms with Gasteiger partial charge in [0.2, 0.25) is 0 Å². The lowest BCUT2D eigenvalue weighted by Crippen LogP contribution is -2.43. The van der Waals surface area contributed by atoms with Gasteiger partial charge >= 0.3 is 18.4 Å². The number of carbonyl (C=O) groups excluding carboxylic acids is 1. The van der Waals surface area contributed by atoms with E-state index >= 15 is 0 Å². The maximum atomic E-state index is 13.7. The van der Waals surface area contributed by atoms with Crippen LogP contribution in [-0.4, -0.2) is 105 Å². The number of halogens is 10. The van der Waals surface area contributed by atoms with Crippen LogP contribution >= 0.6 is 0 Å². The Morgan fingerprint density at radius 3 is 1.54 bits per heavy atom. The molecule has 3 N–H and O–H groups in total. The normalized spacial score (nSPS) is 17.4. The van der Waals surface area contributed by atoms with Crippen molar-refractivity contribution in [2.45, 2.75) is 129 Å². The quantitative estimate of drug-likeness (QED) is 0.115. The predicted molar refractivity (Wildman–Crippen MR) is 225 cm³/mol. The lowest BCUT2D eigenvalue weighted by molar-refractivity contribution is -0.120. The minimum atomic E-state index is -4.80. The monoisotopic (exact) mass is 968 g/mol. The van der Waals surface area contributed by atoms with Crippen LogP contribution < -0.4 is 20.0 Å². The van der Waals surface area contributed by atoms with Crippen LogP contribution in [0.1, 0.15) is 105 Å². The standard InChI is InChI=1S/C24H31F5N4O4.C19H23F5N4O2/c1-14-15(2)36-20(30-14)12-18(34)17-10-16(32-8-6-23(25,26)7-9-32)11-19(31-17)33(13-24(27,28)29)21(35)37-22(3,4)5;1-11-12(2)30-17(26-11)9-15(29)14-7-13(28-5-3-18(20,21)4-6-28)8-16(27-14)25-10-19(22,23)24/h10-11,18,34H,6-9,12-13H2,1-5H3;7-8,15,29H,3-6,9-10H2,1-2H3,(H,25,27). The SMILES string of the molecule is Cc1nc(CC(O)c2cc(N3CCC(F)(F)CC3)cc(N(CC(F)(F)F)C(=O)OC(C)(C)C)n2)oc1C.Cc1nc(CC(O)c2cc(N3CCC(F)(F)CC3)cc(NCC(F)(F)F)n2)oc1C. The van der Waals surface area contributed by atoms with Gasteiger partial charge in [-0.15, -0.1) is 0 Å². The molecule has 4 aromatic rings. The molecule has 24 heteroatoms. The fourth-order valence-corrected chi connectivity index (χ4v) is 6.90. The van der Waals surface area contributed by atoms with E-state index in [0.29, 0.717) is 33.5 Å². The van der Waals surface area contributed by atoms with Crippen LogP contribution in [0, 0.1) is 27.7 Å². The summed E-state index contributed by atoms with van der Waals surface area (Å²) in [5, 5.41) is 23.7. The molecular formula is C43H54F10N8O6. The number of aliphatic hydroxyl groups is 2. The number of aliphatic hydroxyl groups excluding tert-OH is 2. The van der Waals surface area contributed by atoms with E-state index in [1.165, 1.54) is 45.0 Å². The van der Waals surface area contributed by atoms with Crippen LogP contribution in [0.25, 0.3) is 0 Å². The number of anilines is 4. The maximum Gasteiger partial charge on any atom is 0.416 e. The average Bonchev–Trinajstić information content (AvgIpc) is 3.70. The Bertz CT molecular complexity index is 2250. The molecule has 6 rings (SSSR count). The van der Waals surface area contributed by atoms with Gasteiger partial charge in [0.1, 0.15) is 54.1 Å².